The van der Waals surface area contributed by atoms with Gasteiger partial charge in [-0.05, 0) is 13.8 Å². The summed E-state index contributed by atoms with van der Waals surface area (Å²) in [6.45, 7) is 8.98. The van der Waals surface area contributed by atoms with Crippen molar-refractivity contribution in [1.29, 1.82) is 0 Å². The zero-order valence-corrected chi connectivity index (χ0v) is 9.97. The summed E-state index contributed by atoms with van der Waals surface area (Å²) in [4.78, 5) is 0. The molecule has 1 N–H and O–H groups in total. The fourth-order valence-electron chi connectivity index (χ4n) is 1.59. The summed E-state index contributed by atoms with van der Waals surface area (Å²) in [5, 5.41) is 7.67. The Morgan fingerprint density at radius 3 is 2.60 bits per heavy atom. The minimum absolute atomic E-state index is 0.356. The molecule has 0 saturated carbocycles. The van der Waals surface area contributed by atoms with E-state index in [9.17, 15) is 4.39 Å². The molecule has 0 aliphatic heterocycles. The highest BCUT2D eigenvalue weighted by Crippen LogP contribution is 2.12. The van der Waals surface area contributed by atoms with Crippen LogP contribution in [-0.2, 0) is 13.1 Å². The van der Waals surface area contributed by atoms with Gasteiger partial charge in [-0.15, -0.1) is 0 Å². The minimum Gasteiger partial charge on any atom is -0.310 e. The van der Waals surface area contributed by atoms with Gasteiger partial charge >= 0.3 is 0 Å². The fraction of sp³-hybridized carbons (Fsp3) is 0.727. The van der Waals surface area contributed by atoms with E-state index in [4.69, 9.17) is 0 Å². The van der Waals surface area contributed by atoms with Crippen LogP contribution in [0.25, 0.3) is 0 Å². The SMILES string of the molecule is Cc1nn(CCF)c(C)c1CNC(C)C. The van der Waals surface area contributed by atoms with Gasteiger partial charge in [0.05, 0.1) is 12.2 Å². The van der Waals surface area contributed by atoms with Crippen molar-refractivity contribution in [1.82, 2.24) is 15.1 Å². The average Bonchev–Trinajstić information content (AvgIpc) is 2.40. The number of aromatic nitrogens is 2. The minimum atomic E-state index is -0.362. The topological polar surface area (TPSA) is 29.9 Å². The average molecular weight is 213 g/mol. The molecule has 0 unspecified atom stereocenters. The maximum absolute atomic E-state index is 12.2. The van der Waals surface area contributed by atoms with Gasteiger partial charge in [0.15, 0.2) is 0 Å². The number of hydrogen-bond acceptors (Lipinski definition) is 2. The van der Waals surface area contributed by atoms with Crippen molar-refractivity contribution in [3.05, 3.63) is 17.0 Å². The molecule has 0 aliphatic carbocycles. The number of rotatable bonds is 5. The first kappa shape index (κ1) is 12.2. The Bertz CT molecular complexity index is 318. The summed E-state index contributed by atoms with van der Waals surface area (Å²) in [5.41, 5.74) is 3.25. The summed E-state index contributed by atoms with van der Waals surface area (Å²) in [6.07, 6.45) is 0. The summed E-state index contributed by atoms with van der Waals surface area (Å²) in [5.74, 6) is 0. The number of alkyl halides is 1. The van der Waals surface area contributed by atoms with Crippen molar-refractivity contribution in [2.24, 2.45) is 0 Å². The normalized spacial score (nSPS) is 11.3. The van der Waals surface area contributed by atoms with Crippen LogP contribution in [0.3, 0.4) is 0 Å². The largest absolute Gasteiger partial charge is 0.310 e. The molecule has 0 spiro atoms. The second-order valence-electron chi connectivity index (χ2n) is 4.10. The van der Waals surface area contributed by atoms with Crippen molar-refractivity contribution >= 4 is 0 Å². The van der Waals surface area contributed by atoms with Gasteiger partial charge in [-0.25, -0.2) is 4.39 Å². The smallest absolute Gasteiger partial charge is 0.109 e. The molecule has 3 nitrogen and oxygen atoms in total. The van der Waals surface area contributed by atoms with Crippen LogP contribution in [0.1, 0.15) is 30.8 Å². The Balaban J connectivity index is 2.78. The highest BCUT2D eigenvalue weighted by atomic mass is 19.1. The third kappa shape index (κ3) is 3.02. The van der Waals surface area contributed by atoms with Crippen molar-refractivity contribution in [2.75, 3.05) is 6.67 Å². The molecule has 1 heterocycles. The lowest BCUT2D eigenvalue weighted by Gasteiger charge is -2.08. The van der Waals surface area contributed by atoms with Gasteiger partial charge in [0, 0.05) is 23.8 Å². The number of halogens is 1. The summed E-state index contributed by atoms with van der Waals surface area (Å²) in [7, 11) is 0. The van der Waals surface area contributed by atoms with Crippen LogP contribution in [0.15, 0.2) is 0 Å². The molecule has 0 amide bonds. The summed E-state index contributed by atoms with van der Waals surface area (Å²) in [6, 6.07) is 0.452. The standard InChI is InChI=1S/C11H20FN3/c1-8(2)13-7-11-9(3)14-15(6-5-12)10(11)4/h8,13H,5-7H2,1-4H3. The van der Waals surface area contributed by atoms with Crippen LogP contribution in [0.4, 0.5) is 4.39 Å². The molecule has 0 atom stereocenters. The van der Waals surface area contributed by atoms with E-state index in [1.54, 1.807) is 4.68 Å². The lowest BCUT2D eigenvalue weighted by molar-refractivity contribution is 0.421. The highest BCUT2D eigenvalue weighted by molar-refractivity contribution is 5.24. The van der Waals surface area contributed by atoms with Gasteiger partial charge in [0.1, 0.15) is 6.67 Å². The predicted molar refractivity (Wildman–Crippen MR) is 59.7 cm³/mol. The molecule has 0 aliphatic rings. The van der Waals surface area contributed by atoms with E-state index in [0.717, 1.165) is 17.9 Å². The van der Waals surface area contributed by atoms with Crippen LogP contribution in [0.2, 0.25) is 0 Å². The maximum Gasteiger partial charge on any atom is 0.109 e. The lowest BCUT2D eigenvalue weighted by Crippen LogP contribution is -2.22. The first-order chi connectivity index (χ1) is 7.06. The number of nitrogens with one attached hydrogen (secondary N) is 1. The van der Waals surface area contributed by atoms with E-state index < -0.39 is 0 Å². The number of nitrogens with zero attached hydrogens (tertiary/aromatic N) is 2. The molecule has 0 saturated heterocycles. The second-order valence-corrected chi connectivity index (χ2v) is 4.10. The van der Waals surface area contributed by atoms with Gasteiger partial charge < -0.3 is 5.32 Å². The van der Waals surface area contributed by atoms with Crippen LogP contribution < -0.4 is 5.32 Å². The molecule has 0 radical (unpaired) electrons. The monoisotopic (exact) mass is 213 g/mol. The zero-order valence-electron chi connectivity index (χ0n) is 9.97. The molecule has 1 aromatic heterocycles. The highest BCUT2D eigenvalue weighted by Gasteiger charge is 2.10. The van der Waals surface area contributed by atoms with Crippen molar-refractivity contribution < 1.29 is 4.39 Å². The molecule has 0 bridgehead atoms. The van der Waals surface area contributed by atoms with E-state index in [2.05, 4.69) is 24.3 Å². The molecule has 0 fully saturated rings. The molecule has 1 rings (SSSR count). The maximum atomic E-state index is 12.2. The molecule has 1 aromatic rings. The Labute approximate surface area is 90.7 Å². The molecule has 86 valence electrons. The van der Waals surface area contributed by atoms with Gasteiger partial charge in [-0.3, -0.25) is 4.68 Å². The second kappa shape index (κ2) is 5.26. The first-order valence-electron chi connectivity index (χ1n) is 5.38. The Morgan fingerprint density at radius 2 is 2.07 bits per heavy atom. The van der Waals surface area contributed by atoms with Gasteiger partial charge in [0.2, 0.25) is 0 Å². The van der Waals surface area contributed by atoms with E-state index in [1.807, 2.05) is 13.8 Å². The molecular weight excluding hydrogens is 193 g/mol. The van der Waals surface area contributed by atoms with E-state index in [0.29, 0.717) is 12.6 Å². The Morgan fingerprint density at radius 1 is 1.40 bits per heavy atom. The summed E-state index contributed by atoms with van der Waals surface area (Å²) < 4.78 is 14.0. The van der Waals surface area contributed by atoms with E-state index >= 15 is 0 Å². The van der Waals surface area contributed by atoms with Gasteiger partial charge in [0.25, 0.3) is 0 Å². The van der Waals surface area contributed by atoms with Crippen LogP contribution in [0.5, 0.6) is 0 Å². The Hall–Kier alpha value is -0.900. The zero-order chi connectivity index (χ0) is 11.4. The van der Waals surface area contributed by atoms with E-state index in [-0.39, 0.29) is 6.67 Å². The van der Waals surface area contributed by atoms with Crippen LogP contribution in [-0.4, -0.2) is 22.5 Å². The van der Waals surface area contributed by atoms with Crippen LogP contribution in [0, 0.1) is 13.8 Å². The third-order valence-electron chi connectivity index (χ3n) is 2.51. The first-order valence-corrected chi connectivity index (χ1v) is 5.38. The quantitative estimate of drug-likeness (QED) is 0.810. The number of hydrogen-bond donors (Lipinski definition) is 1. The van der Waals surface area contributed by atoms with Crippen molar-refractivity contribution in [3.63, 3.8) is 0 Å². The van der Waals surface area contributed by atoms with Crippen molar-refractivity contribution in [2.45, 2.75) is 46.8 Å². The molecule has 15 heavy (non-hydrogen) atoms. The summed E-state index contributed by atoms with van der Waals surface area (Å²) >= 11 is 0. The van der Waals surface area contributed by atoms with Gasteiger partial charge in [-0.1, -0.05) is 13.8 Å². The molecule has 4 heteroatoms. The fourth-order valence-corrected chi connectivity index (χ4v) is 1.59. The van der Waals surface area contributed by atoms with E-state index in [1.165, 1.54) is 5.56 Å². The number of aryl methyl sites for hydroxylation is 2. The van der Waals surface area contributed by atoms with Gasteiger partial charge in [-0.2, -0.15) is 5.10 Å². The molecular formula is C11H20FN3. The van der Waals surface area contributed by atoms with Crippen LogP contribution >= 0.6 is 0 Å². The Kier molecular flexibility index (Phi) is 4.27. The van der Waals surface area contributed by atoms with Crippen molar-refractivity contribution in [3.8, 4) is 0 Å². The molecule has 0 aromatic carbocycles. The third-order valence-corrected chi connectivity index (χ3v) is 2.51. The predicted octanol–water partition coefficient (Wildman–Crippen LogP) is 1.97. The lowest BCUT2D eigenvalue weighted by atomic mass is 10.2.